The number of H-pyrrole nitrogens is 1. The number of hydrogen-bond acceptors (Lipinski definition) is 5. The van der Waals surface area contributed by atoms with Crippen LogP contribution in [0.2, 0.25) is 5.02 Å². The lowest BCUT2D eigenvalue weighted by Crippen LogP contribution is -2.25. The number of nitrogens with one attached hydrogen (secondary N) is 1. The van der Waals surface area contributed by atoms with Gasteiger partial charge in [0, 0.05) is 34.0 Å². The lowest BCUT2D eigenvalue weighted by atomic mass is 9.97. The summed E-state index contributed by atoms with van der Waals surface area (Å²) in [6.45, 7) is 1.99. The first-order valence-electron chi connectivity index (χ1n) is 13.3. The van der Waals surface area contributed by atoms with Gasteiger partial charge in [0.15, 0.2) is 5.69 Å². The number of alkyl halides is 3. The topological polar surface area (TPSA) is 90.6 Å². The van der Waals surface area contributed by atoms with Crippen molar-refractivity contribution in [3.05, 3.63) is 112 Å². The van der Waals surface area contributed by atoms with E-state index in [1.165, 1.54) is 25.3 Å². The molecule has 0 amide bonds. The monoisotopic (exact) mass is 604 g/mol. The van der Waals surface area contributed by atoms with E-state index in [1.807, 2.05) is 37.3 Å². The summed E-state index contributed by atoms with van der Waals surface area (Å²) < 4.78 is 48.0. The Hall–Kier alpha value is -4.90. The van der Waals surface area contributed by atoms with Crippen LogP contribution in [-0.4, -0.2) is 36.9 Å². The van der Waals surface area contributed by atoms with E-state index in [2.05, 4.69) is 32.6 Å². The molecule has 8 nitrogen and oxygen atoms in total. The third-order valence-electron chi connectivity index (χ3n) is 7.33. The maximum absolute atomic E-state index is 13.7. The quantitative estimate of drug-likeness (QED) is 0.206. The van der Waals surface area contributed by atoms with Gasteiger partial charge in [0.2, 0.25) is 0 Å². The van der Waals surface area contributed by atoms with Gasteiger partial charge in [-0.1, -0.05) is 48.0 Å². The van der Waals surface area contributed by atoms with E-state index in [-0.39, 0.29) is 17.3 Å². The van der Waals surface area contributed by atoms with Crippen molar-refractivity contribution in [2.24, 2.45) is 0 Å². The van der Waals surface area contributed by atoms with Crippen LogP contribution in [0.3, 0.4) is 0 Å². The summed E-state index contributed by atoms with van der Waals surface area (Å²) in [6, 6.07) is 19.8. The zero-order chi connectivity index (χ0) is 30.3. The molecule has 3 aromatic carbocycles. The molecule has 0 spiro atoms. The van der Waals surface area contributed by atoms with E-state index in [1.54, 1.807) is 23.0 Å². The molecule has 12 heteroatoms. The standard InChI is InChI=1S/C31H24ClF3N6O2/c1-3-26(20-7-5-18-4-6-19(12-21(18)13-20)25-10-11-36-37-25)40-16-28(43-2)24(15-30(40)42)23-14-22(32)8-9-27(23)41-17-29(38-39-41)31(33,34)35/h4-17,26H,3H2,1-2H3,(H,36,37). The summed E-state index contributed by atoms with van der Waals surface area (Å²) in [4.78, 5) is 13.7. The van der Waals surface area contributed by atoms with Crippen LogP contribution < -0.4 is 10.3 Å². The molecule has 0 aliphatic heterocycles. The van der Waals surface area contributed by atoms with Crippen LogP contribution in [0.4, 0.5) is 13.2 Å². The molecule has 0 fully saturated rings. The fraction of sp³-hybridized carbons (Fsp3) is 0.161. The van der Waals surface area contributed by atoms with E-state index in [0.29, 0.717) is 28.3 Å². The average Bonchev–Trinajstić information content (AvgIpc) is 3.71. The molecule has 0 bridgehead atoms. The van der Waals surface area contributed by atoms with Crippen LogP contribution in [0.5, 0.6) is 5.75 Å². The van der Waals surface area contributed by atoms with Crippen molar-refractivity contribution in [3.8, 4) is 33.8 Å². The highest BCUT2D eigenvalue weighted by atomic mass is 35.5. The van der Waals surface area contributed by atoms with Crippen LogP contribution in [0.1, 0.15) is 30.6 Å². The summed E-state index contributed by atoms with van der Waals surface area (Å²) in [5, 5.41) is 16.3. The molecular formula is C31H24ClF3N6O2. The predicted octanol–water partition coefficient (Wildman–Crippen LogP) is 7.32. The largest absolute Gasteiger partial charge is 0.495 e. The highest BCUT2D eigenvalue weighted by Gasteiger charge is 2.35. The van der Waals surface area contributed by atoms with Gasteiger partial charge in [0.25, 0.3) is 5.56 Å². The molecule has 0 aliphatic rings. The average molecular weight is 605 g/mol. The van der Waals surface area contributed by atoms with Crippen molar-refractivity contribution in [2.75, 3.05) is 7.11 Å². The molecule has 0 saturated carbocycles. The Morgan fingerprint density at radius 1 is 0.977 bits per heavy atom. The van der Waals surface area contributed by atoms with E-state index < -0.39 is 11.9 Å². The molecule has 0 saturated heterocycles. The van der Waals surface area contributed by atoms with Gasteiger partial charge >= 0.3 is 6.18 Å². The molecular weight excluding hydrogens is 581 g/mol. The Balaban J connectivity index is 1.44. The minimum atomic E-state index is -4.67. The molecule has 6 rings (SSSR count). The Morgan fingerprint density at radius 2 is 1.79 bits per heavy atom. The molecule has 0 radical (unpaired) electrons. The number of rotatable bonds is 7. The first kappa shape index (κ1) is 28.2. The summed E-state index contributed by atoms with van der Waals surface area (Å²) >= 11 is 6.29. The first-order chi connectivity index (χ1) is 20.7. The van der Waals surface area contributed by atoms with Gasteiger partial charge in [-0.25, -0.2) is 4.68 Å². The number of hydrogen-bond donors (Lipinski definition) is 1. The van der Waals surface area contributed by atoms with Crippen molar-refractivity contribution in [3.63, 3.8) is 0 Å². The molecule has 1 unspecified atom stereocenters. The van der Waals surface area contributed by atoms with Crippen molar-refractivity contribution < 1.29 is 17.9 Å². The van der Waals surface area contributed by atoms with E-state index in [9.17, 15) is 18.0 Å². The van der Waals surface area contributed by atoms with Crippen molar-refractivity contribution >= 4 is 22.4 Å². The van der Waals surface area contributed by atoms with Gasteiger partial charge in [-0.05, 0) is 59.2 Å². The van der Waals surface area contributed by atoms with E-state index in [0.717, 1.165) is 38.5 Å². The molecule has 43 heavy (non-hydrogen) atoms. The Labute approximate surface area is 248 Å². The number of methoxy groups -OCH3 is 1. The number of halogens is 4. The second kappa shape index (κ2) is 11.1. The van der Waals surface area contributed by atoms with Crippen LogP contribution in [0.25, 0.3) is 38.8 Å². The smallest absolute Gasteiger partial charge is 0.436 e. The highest BCUT2D eigenvalue weighted by molar-refractivity contribution is 6.31. The number of ether oxygens (including phenoxy) is 1. The van der Waals surface area contributed by atoms with Crippen LogP contribution >= 0.6 is 11.6 Å². The minimum absolute atomic E-state index is 0.248. The number of benzene rings is 3. The molecule has 1 atom stereocenters. The van der Waals surface area contributed by atoms with Gasteiger partial charge in [-0.3, -0.25) is 9.89 Å². The van der Waals surface area contributed by atoms with Gasteiger partial charge in [0.05, 0.1) is 36.9 Å². The normalized spacial score (nSPS) is 12.5. The van der Waals surface area contributed by atoms with Gasteiger partial charge < -0.3 is 9.30 Å². The molecule has 0 aliphatic carbocycles. The Morgan fingerprint density at radius 3 is 2.49 bits per heavy atom. The summed E-state index contributed by atoms with van der Waals surface area (Å²) in [5.41, 5.74) is 2.31. The summed E-state index contributed by atoms with van der Waals surface area (Å²) in [5.74, 6) is 0.333. The minimum Gasteiger partial charge on any atom is -0.495 e. The summed E-state index contributed by atoms with van der Waals surface area (Å²) in [6.07, 6.45) is 0.0389. The maximum Gasteiger partial charge on any atom is 0.436 e. The number of aromatic amines is 1. The molecule has 218 valence electrons. The molecule has 3 aromatic heterocycles. The zero-order valence-electron chi connectivity index (χ0n) is 22.9. The van der Waals surface area contributed by atoms with Crippen LogP contribution in [0.15, 0.2) is 90.1 Å². The first-order valence-corrected chi connectivity index (χ1v) is 13.7. The number of nitrogens with zero attached hydrogens (tertiary/aromatic N) is 5. The molecule has 6 aromatic rings. The van der Waals surface area contributed by atoms with Crippen molar-refractivity contribution in [1.82, 2.24) is 29.8 Å². The number of fused-ring (bicyclic) bond motifs is 1. The van der Waals surface area contributed by atoms with Gasteiger partial charge in [-0.2, -0.15) is 18.3 Å². The Kier molecular flexibility index (Phi) is 7.26. The lowest BCUT2D eigenvalue weighted by Gasteiger charge is -2.22. The van der Waals surface area contributed by atoms with Crippen molar-refractivity contribution in [2.45, 2.75) is 25.6 Å². The van der Waals surface area contributed by atoms with Crippen LogP contribution in [-0.2, 0) is 6.18 Å². The lowest BCUT2D eigenvalue weighted by molar-refractivity contribution is -0.141. The zero-order valence-corrected chi connectivity index (χ0v) is 23.7. The second-order valence-electron chi connectivity index (χ2n) is 9.92. The predicted molar refractivity (Wildman–Crippen MR) is 158 cm³/mol. The van der Waals surface area contributed by atoms with Crippen LogP contribution in [0, 0.1) is 0 Å². The van der Waals surface area contributed by atoms with E-state index in [4.69, 9.17) is 16.3 Å². The van der Waals surface area contributed by atoms with Crippen molar-refractivity contribution in [1.29, 1.82) is 0 Å². The fourth-order valence-electron chi connectivity index (χ4n) is 5.23. The van der Waals surface area contributed by atoms with E-state index >= 15 is 0 Å². The fourth-order valence-corrected chi connectivity index (χ4v) is 5.40. The number of aromatic nitrogens is 6. The third kappa shape index (κ3) is 5.39. The summed E-state index contributed by atoms with van der Waals surface area (Å²) in [7, 11) is 1.46. The van der Waals surface area contributed by atoms with Gasteiger partial charge in [-0.15, -0.1) is 5.10 Å². The third-order valence-corrected chi connectivity index (χ3v) is 7.56. The maximum atomic E-state index is 13.7. The SMILES string of the molecule is CCC(c1ccc2ccc(-c3ccn[nH]3)cc2c1)n1cc(OC)c(-c2cc(Cl)ccc2-n2cc(C(F)(F)F)nn2)cc1=O. The second-order valence-corrected chi connectivity index (χ2v) is 10.4. The highest BCUT2D eigenvalue weighted by Crippen LogP contribution is 2.37. The molecule has 1 N–H and O–H groups in total. The Bertz CT molecular complexity index is 2000. The number of pyridine rings is 1. The van der Waals surface area contributed by atoms with Gasteiger partial charge in [0.1, 0.15) is 5.75 Å². The molecule has 3 heterocycles.